The molecule has 0 saturated heterocycles. The Hall–Kier alpha value is 0.700. The van der Waals surface area contributed by atoms with Crippen molar-refractivity contribution in [2.45, 2.75) is 17.9 Å². The molecule has 0 amide bonds. The van der Waals surface area contributed by atoms with Crippen LogP contribution in [0.5, 0.6) is 0 Å². The average molecular weight is 121 g/mol. The van der Waals surface area contributed by atoms with Gasteiger partial charge >= 0.3 is 0 Å². The van der Waals surface area contributed by atoms with E-state index in [2.05, 4.69) is 32.2 Å². The average Bonchev–Trinajstić information content (AvgIpc) is 1.35. The van der Waals surface area contributed by atoms with E-state index in [9.17, 15) is 0 Å². The zero-order chi connectivity index (χ0) is 4.99. The molecule has 6 heavy (non-hydrogen) atoms. The minimum atomic E-state index is 0.162. The smallest absolute Gasteiger partial charge is 0.0473 e. The first kappa shape index (κ1) is 6.70. The maximum absolute atomic E-state index is 3.99. The Kier molecular flexibility index (Phi) is 4.33. The summed E-state index contributed by atoms with van der Waals surface area (Å²) in [5.41, 5.74) is 0. The maximum atomic E-state index is 3.99. The lowest BCUT2D eigenvalue weighted by molar-refractivity contribution is 1.09. The Balaban J connectivity index is 2.63. The fourth-order valence-electron chi connectivity index (χ4n) is 0.211. The van der Waals surface area contributed by atoms with Crippen molar-refractivity contribution in [3.8, 4) is 0 Å². The molecule has 0 aromatic carbocycles. The summed E-state index contributed by atoms with van der Waals surface area (Å²) >= 11 is 7.97. The number of hydrogen-bond acceptors (Lipinski definition) is 2. The van der Waals surface area contributed by atoms with E-state index >= 15 is 0 Å². The van der Waals surface area contributed by atoms with Gasteiger partial charge in [0.1, 0.15) is 0 Å². The van der Waals surface area contributed by atoms with E-state index in [0.717, 1.165) is 6.42 Å². The fraction of sp³-hybridized carbons (Fsp3) is 0.750. The van der Waals surface area contributed by atoms with Crippen molar-refractivity contribution in [1.82, 2.24) is 0 Å². The van der Waals surface area contributed by atoms with Gasteiger partial charge in [-0.1, -0.05) is 13.3 Å². The van der Waals surface area contributed by atoms with Crippen molar-refractivity contribution in [1.29, 1.82) is 0 Å². The standard InChI is InChI=1S/C4H9S2/c1-2-3-4(5)6/h3-6H,2H2,1H3. The van der Waals surface area contributed by atoms with Crippen LogP contribution in [0.15, 0.2) is 0 Å². The molecule has 0 unspecified atom stereocenters. The third-order valence-corrected chi connectivity index (χ3v) is 0.868. The molecule has 0 fully saturated rings. The first-order valence-electron chi connectivity index (χ1n) is 1.97. The highest BCUT2D eigenvalue weighted by Crippen LogP contribution is 2.04. The minimum absolute atomic E-state index is 0.162. The third-order valence-electron chi connectivity index (χ3n) is 0.447. The lowest BCUT2D eigenvalue weighted by Gasteiger charge is -1.93. The molecule has 0 saturated carbocycles. The van der Waals surface area contributed by atoms with Gasteiger partial charge in [0.2, 0.25) is 0 Å². The summed E-state index contributed by atoms with van der Waals surface area (Å²) in [6.07, 6.45) is 3.07. The van der Waals surface area contributed by atoms with Crippen LogP contribution in [0.2, 0.25) is 0 Å². The molecule has 0 rings (SSSR count). The zero-order valence-electron chi connectivity index (χ0n) is 3.76. The Morgan fingerprint density at radius 2 is 2.17 bits per heavy atom. The summed E-state index contributed by atoms with van der Waals surface area (Å²) in [5, 5.41) is 0. The molecule has 0 heterocycles. The Morgan fingerprint density at radius 1 is 1.67 bits per heavy atom. The first-order chi connectivity index (χ1) is 2.77. The number of hydrogen-bond donors (Lipinski definition) is 2. The first-order valence-corrected chi connectivity index (χ1v) is 3.00. The lowest BCUT2D eigenvalue weighted by atomic mass is 10.4. The van der Waals surface area contributed by atoms with Crippen molar-refractivity contribution in [2.75, 3.05) is 0 Å². The summed E-state index contributed by atoms with van der Waals surface area (Å²) in [5.74, 6) is 0. The van der Waals surface area contributed by atoms with E-state index in [4.69, 9.17) is 0 Å². The molecule has 0 aromatic rings. The molecule has 0 nitrogen and oxygen atoms in total. The van der Waals surface area contributed by atoms with Gasteiger partial charge in [-0.2, -0.15) is 25.3 Å². The van der Waals surface area contributed by atoms with Crippen LogP contribution in [-0.4, -0.2) is 4.58 Å². The van der Waals surface area contributed by atoms with Crippen molar-refractivity contribution < 1.29 is 0 Å². The lowest BCUT2D eigenvalue weighted by Crippen LogP contribution is -1.83. The van der Waals surface area contributed by atoms with Crippen LogP contribution < -0.4 is 0 Å². The molecule has 0 aliphatic carbocycles. The highest BCUT2D eigenvalue weighted by molar-refractivity contribution is 7.99. The van der Waals surface area contributed by atoms with Gasteiger partial charge < -0.3 is 0 Å². The SMILES string of the molecule is CC[CH]C(S)S. The molecule has 0 aliphatic rings. The van der Waals surface area contributed by atoms with Crippen LogP contribution in [0, 0.1) is 6.42 Å². The summed E-state index contributed by atoms with van der Waals surface area (Å²) in [6.45, 7) is 2.07. The Morgan fingerprint density at radius 3 is 2.17 bits per heavy atom. The molecule has 0 aliphatic heterocycles. The third kappa shape index (κ3) is 4.70. The van der Waals surface area contributed by atoms with Gasteiger partial charge in [0.25, 0.3) is 0 Å². The van der Waals surface area contributed by atoms with Crippen LogP contribution in [0.1, 0.15) is 13.3 Å². The Bertz CT molecular complexity index is 26.7. The monoisotopic (exact) mass is 121 g/mol. The second kappa shape index (κ2) is 3.88. The summed E-state index contributed by atoms with van der Waals surface area (Å²) in [6, 6.07) is 0. The Labute approximate surface area is 50.1 Å². The van der Waals surface area contributed by atoms with Gasteiger partial charge in [-0.15, -0.1) is 0 Å². The molecular weight excluding hydrogens is 112 g/mol. The normalized spacial score (nSPS) is 10.0. The van der Waals surface area contributed by atoms with Gasteiger partial charge in [0.05, 0.1) is 0 Å². The topological polar surface area (TPSA) is 0 Å². The molecule has 2 heteroatoms. The zero-order valence-corrected chi connectivity index (χ0v) is 5.55. The summed E-state index contributed by atoms with van der Waals surface area (Å²) in [4.78, 5) is 0. The van der Waals surface area contributed by atoms with Crippen LogP contribution in [0.25, 0.3) is 0 Å². The van der Waals surface area contributed by atoms with Crippen molar-refractivity contribution >= 4 is 25.3 Å². The molecule has 0 N–H and O–H groups in total. The van der Waals surface area contributed by atoms with Crippen LogP contribution in [0.4, 0.5) is 0 Å². The molecule has 0 atom stereocenters. The molecule has 0 spiro atoms. The minimum Gasteiger partial charge on any atom is -0.165 e. The van der Waals surface area contributed by atoms with E-state index in [0.29, 0.717) is 0 Å². The van der Waals surface area contributed by atoms with E-state index in [1.165, 1.54) is 0 Å². The van der Waals surface area contributed by atoms with Gasteiger partial charge in [-0.3, -0.25) is 0 Å². The van der Waals surface area contributed by atoms with Crippen molar-refractivity contribution in [3.63, 3.8) is 0 Å². The van der Waals surface area contributed by atoms with E-state index < -0.39 is 0 Å². The second-order valence-electron chi connectivity index (χ2n) is 1.06. The van der Waals surface area contributed by atoms with E-state index in [1.807, 2.05) is 6.42 Å². The van der Waals surface area contributed by atoms with Crippen LogP contribution in [-0.2, 0) is 0 Å². The van der Waals surface area contributed by atoms with E-state index in [1.54, 1.807) is 0 Å². The molecule has 37 valence electrons. The van der Waals surface area contributed by atoms with Gasteiger partial charge in [-0.05, 0) is 6.42 Å². The predicted molar refractivity (Wildman–Crippen MR) is 36.4 cm³/mol. The van der Waals surface area contributed by atoms with Gasteiger partial charge in [0.15, 0.2) is 0 Å². The van der Waals surface area contributed by atoms with Gasteiger partial charge in [0, 0.05) is 4.58 Å². The van der Waals surface area contributed by atoms with Crippen molar-refractivity contribution in [2.24, 2.45) is 0 Å². The summed E-state index contributed by atoms with van der Waals surface area (Å²) < 4.78 is 0.162. The highest BCUT2D eigenvalue weighted by Gasteiger charge is 1.88. The fourth-order valence-corrected chi connectivity index (χ4v) is 0.632. The number of rotatable bonds is 2. The second-order valence-corrected chi connectivity index (χ2v) is 2.58. The van der Waals surface area contributed by atoms with Gasteiger partial charge in [-0.25, -0.2) is 0 Å². The molecule has 0 aromatic heterocycles. The maximum Gasteiger partial charge on any atom is 0.0473 e. The highest BCUT2D eigenvalue weighted by atomic mass is 32.2. The predicted octanol–water partition coefficient (Wildman–Crippen LogP) is 1.79. The molecule has 0 bridgehead atoms. The molecular formula is C4H9S2. The largest absolute Gasteiger partial charge is 0.165 e. The quantitative estimate of drug-likeness (QED) is 0.404. The molecule has 1 radical (unpaired) electrons. The van der Waals surface area contributed by atoms with Crippen LogP contribution >= 0.6 is 25.3 Å². The number of thiol groups is 2. The van der Waals surface area contributed by atoms with E-state index in [-0.39, 0.29) is 4.58 Å². The summed E-state index contributed by atoms with van der Waals surface area (Å²) in [7, 11) is 0. The van der Waals surface area contributed by atoms with Crippen molar-refractivity contribution in [3.05, 3.63) is 6.42 Å². The van der Waals surface area contributed by atoms with Crippen LogP contribution in [0.3, 0.4) is 0 Å².